The minimum Gasteiger partial charge on any atom is -0.355 e. The highest BCUT2D eigenvalue weighted by molar-refractivity contribution is 5.85. The van der Waals surface area contributed by atoms with E-state index in [0.29, 0.717) is 6.04 Å². The number of halogens is 1. The van der Waals surface area contributed by atoms with E-state index in [1.165, 1.54) is 0 Å². The van der Waals surface area contributed by atoms with E-state index in [2.05, 4.69) is 55.2 Å². The summed E-state index contributed by atoms with van der Waals surface area (Å²) in [6.45, 7) is 9.08. The molecule has 1 fully saturated rings. The largest absolute Gasteiger partial charge is 0.355 e. The zero-order valence-corrected chi connectivity index (χ0v) is 13.3. The second-order valence-electron chi connectivity index (χ2n) is 6.65. The van der Waals surface area contributed by atoms with Gasteiger partial charge in [-0.05, 0) is 52.7 Å². The van der Waals surface area contributed by atoms with E-state index in [-0.39, 0.29) is 23.5 Å². The molecule has 0 bridgehead atoms. The van der Waals surface area contributed by atoms with Crippen molar-refractivity contribution in [2.45, 2.75) is 57.7 Å². The third kappa shape index (κ3) is 4.05. The van der Waals surface area contributed by atoms with Gasteiger partial charge in [-0.15, -0.1) is 17.5 Å². The first-order valence-corrected chi connectivity index (χ1v) is 6.59. The molecular formula is C14H25ClN4. The molecule has 2 rings (SSSR count). The average molecular weight is 285 g/mol. The Kier molecular flexibility index (Phi) is 4.80. The Hall–Kier alpha value is -0.870. The molecule has 108 valence electrons. The third-order valence-electron chi connectivity index (χ3n) is 3.64. The van der Waals surface area contributed by atoms with Crippen molar-refractivity contribution in [2.75, 3.05) is 11.9 Å². The van der Waals surface area contributed by atoms with E-state index in [1.807, 2.05) is 12.1 Å². The van der Waals surface area contributed by atoms with Crippen molar-refractivity contribution >= 4 is 18.2 Å². The molecule has 1 aliphatic rings. The Morgan fingerprint density at radius 2 is 1.79 bits per heavy atom. The fourth-order valence-corrected chi connectivity index (χ4v) is 3.21. The summed E-state index contributed by atoms with van der Waals surface area (Å²) in [5, 5.41) is 11.9. The van der Waals surface area contributed by atoms with Crippen molar-refractivity contribution in [3.63, 3.8) is 0 Å². The van der Waals surface area contributed by atoms with E-state index in [0.717, 1.165) is 18.7 Å². The second kappa shape index (κ2) is 5.63. The summed E-state index contributed by atoms with van der Waals surface area (Å²) in [6, 6.07) is 4.46. The Bertz CT molecular complexity index is 389. The van der Waals surface area contributed by atoms with E-state index in [1.54, 1.807) is 6.20 Å². The molecule has 2 heterocycles. The van der Waals surface area contributed by atoms with Crippen molar-refractivity contribution in [1.82, 2.24) is 15.5 Å². The van der Waals surface area contributed by atoms with Crippen LogP contribution < -0.4 is 10.2 Å². The second-order valence-corrected chi connectivity index (χ2v) is 6.65. The van der Waals surface area contributed by atoms with Gasteiger partial charge in [-0.3, -0.25) is 0 Å². The van der Waals surface area contributed by atoms with Crippen molar-refractivity contribution in [3.05, 3.63) is 18.3 Å². The summed E-state index contributed by atoms with van der Waals surface area (Å²) in [5.74, 6) is 0.955. The Morgan fingerprint density at radius 3 is 2.26 bits per heavy atom. The van der Waals surface area contributed by atoms with Crippen LogP contribution in [0.2, 0.25) is 0 Å². The number of nitrogens with one attached hydrogen (secondary N) is 1. The van der Waals surface area contributed by atoms with Gasteiger partial charge in [0.05, 0.1) is 0 Å². The van der Waals surface area contributed by atoms with Crippen LogP contribution in [0.15, 0.2) is 18.3 Å². The smallest absolute Gasteiger partial charge is 0.151 e. The molecule has 5 heteroatoms. The minimum absolute atomic E-state index is 0. The summed E-state index contributed by atoms with van der Waals surface area (Å²) in [4.78, 5) is 2.26. The van der Waals surface area contributed by atoms with Gasteiger partial charge in [0, 0.05) is 30.4 Å². The molecule has 1 aromatic rings. The lowest BCUT2D eigenvalue weighted by atomic mass is 9.79. The highest BCUT2D eigenvalue weighted by atomic mass is 35.5. The number of anilines is 1. The molecule has 0 radical (unpaired) electrons. The van der Waals surface area contributed by atoms with Crippen LogP contribution in [0.25, 0.3) is 0 Å². The summed E-state index contributed by atoms with van der Waals surface area (Å²) in [5.41, 5.74) is 0.311. The lowest BCUT2D eigenvalue weighted by Gasteiger charge is -2.49. The quantitative estimate of drug-likeness (QED) is 0.906. The standard InChI is InChI=1S/C14H24N4.ClH/c1-13(2)9-11(10-14(3,4)17-13)18(5)12-7-6-8-15-16-12;/h6-8,11,17H,9-10H2,1-5H3;1H. The van der Waals surface area contributed by atoms with E-state index < -0.39 is 0 Å². The molecule has 0 saturated carbocycles. The topological polar surface area (TPSA) is 41.1 Å². The van der Waals surface area contributed by atoms with Gasteiger partial charge in [0.2, 0.25) is 0 Å². The highest BCUT2D eigenvalue weighted by Crippen LogP contribution is 2.32. The van der Waals surface area contributed by atoms with Crippen LogP contribution in [0.4, 0.5) is 5.82 Å². The molecule has 0 spiro atoms. The van der Waals surface area contributed by atoms with Crippen LogP contribution in [0.5, 0.6) is 0 Å². The molecular weight excluding hydrogens is 260 g/mol. The summed E-state index contributed by atoms with van der Waals surface area (Å²) >= 11 is 0. The highest BCUT2D eigenvalue weighted by Gasteiger charge is 2.39. The predicted molar refractivity (Wildman–Crippen MR) is 82.0 cm³/mol. The molecule has 0 unspecified atom stereocenters. The normalized spacial score (nSPS) is 21.5. The van der Waals surface area contributed by atoms with Crippen molar-refractivity contribution in [3.8, 4) is 0 Å². The van der Waals surface area contributed by atoms with Crippen molar-refractivity contribution in [2.24, 2.45) is 0 Å². The maximum absolute atomic E-state index is 4.20. The van der Waals surface area contributed by atoms with Crippen LogP contribution in [0.3, 0.4) is 0 Å². The molecule has 0 aliphatic carbocycles. The van der Waals surface area contributed by atoms with Crippen LogP contribution in [0.1, 0.15) is 40.5 Å². The maximum Gasteiger partial charge on any atom is 0.151 e. The Morgan fingerprint density at radius 1 is 1.21 bits per heavy atom. The number of rotatable bonds is 2. The first kappa shape index (κ1) is 16.2. The number of piperidine rings is 1. The molecule has 4 nitrogen and oxygen atoms in total. The zero-order valence-electron chi connectivity index (χ0n) is 12.5. The summed E-state index contributed by atoms with van der Waals surface area (Å²) in [7, 11) is 2.12. The van der Waals surface area contributed by atoms with Crippen molar-refractivity contribution in [1.29, 1.82) is 0 Å². The monoisotopic (exact) mass is 284 g/mol. The lowest BCUT2D eigenvalue weighted by molar-refractivity contribution is 0.160. The summed E-state index contributed by atoms with van der Waals surface area (Å²) < 4.78 is 0. The molecule has 1 saturated heterocycles. The molecule has 1 aliphatic heterocycles. The van der Waals surface area contributed by atoms with Crippen LogP contribution in [-0.4, -0.2) is 34.4 Å². The minimum atomic E-state index is 0. The van der Waals surface area contributed by atoms with E-state index in [9.17, 15) is 0 Å². The third-order valence-corrected chi connectivity index (χ3v) is 3.64. The number of nitrogens with zero attached hydrogens (tertiary/aromatic N) is 3. The van der Waals surface area contributed by atoms with Gasteiger partial charge in [-0.2, -0.15) is 5.10 Å². The number of hydrogen-bond acceptors (Lipinski definition) is 4. The van der Waals surface area contributed by atoms with Gasteiger partial charge in [0.25, 0.3) is 0 Å². The fraction of sp³-hybridized carbons (Fsp3) is 0.714. The zero-order chi connectivity index (χ0) is 13.4. The Balaban J connectivity index is 0.00000180. The molecule has 1 N–H and O–H groups in total. The SMILES string of the molecule is CN(c1cccnn1)C1CC(C)(C)NC(C)(C)C1.Cl. The molecule has 1 aromatic heterocycles. The van der Waals surface area contributed by atoms with Gasteiger partial charge in [0.15, 0.2) is 5.82 Å². The summed E-state index contributed by atoms with van der Waals surface area (Å²) in [6.07, 6.45) is 3.95. The van der Waals surface area contributed by atoms with Gasteiger partial charge < -0.3 is 10.2 Å². The first-order chi connectivity index (χ1) is 8.29. The van der Waals surface area contributed by atoms with E-state index >= 15 is 0 Å². The van der Waals surface area contributed by atoms with Gasteiger partial charge in [-0.1, -0.05) is 0 Å². The molecule has 0 aromatic carbocycles. The van der Waals surface area contributed by atoms with Crippen LogP contribution in [0, 0.1) is 0 Å². The van der Waals surface area contributed by atoms with E-state index in [4.69, 9.17) is 0 Å². The predicted octanol–water partition coefficient (Wildman–Crippen LogP) is 2.64. The molecule has 0 atom stereocenters. The fourth-order valence-electron chi connectivity index (χ4n) is 3.21. The van der Waals surface area contributed by atoms with Gasteiger partial charge in [0.1, 0.15) is 0 Å². The van der Waals surface area contributed by atoms with Gasteiger partial charge >= 0.3 is 0 Å². The maximum atomic E-state index is 4.20. The molecule has 19 heavy (non-hydrogen) atoms. The number of hydrogen-bond donors (Lipinski definition) is 1. The van der Waals surface area contributed by atoms with Crippen LogP contribution in [-0.2, 0) is 0 Å². The lowest BCUT2D eigenvalue weighted by Crippen LogP contribution is -2.62. The molecule has 0 amide bonds. The van der Waals surface area contributed by atoms with Gasteiger partial charge in [-0.25, -0.2) is 0 Å². The number of aromatic nitrogens is 2. The average Bonchev–Trinajstić information content (AvgIpc) is 2.25. The van der Waals surface area contributed by atoms with Crippen LogP contribution >= 0.6 is 12.4 Å². The Labute approximate surface area is 122 Å². The first-order valence-electron chi connectivity index (χ1n) is 6.59. The van der Waals surface area contributed by atoms with Crippen molar-refractivity contribution < 1.29 is 0 Å².